The molecule has 6 heteroatoms. The number of hydrogen-bond donors (Lipinski definition) is 1. The summed E-state index contributed by atoms with van der Waals surface area (Å²) < 4.78 is 7.80. The second-order valence-electron chi connectivity index (χ2n) is 10.3. The van der Waals surface area contributed by atoms with E-state index in [2.05, 4.69) is 62.7 Å². The van der Waals surface area contributed by atoms with Crippen LogP contribution in [0.2, 0.25) is 0 Å². The number of urea groups is 1. The number of anilines is 1. The molecule has 4 rings (SSSR count). The minimum Gasteiger partial charge on any atom is -0.380 e. The predicted molar refractivity (Wildman–Crippen MR) is 138 cm³/mol. The minimum atomic E-state index is -0.400. The van der Waals surface area contributed by atoms with E-state index in [4.69, 9.17) is 15.5 Å². The Morgan fingerprint density at radius 1 is 1.12 bits per heavy atom. The molecule has 34 heavy (non-hydrogen) atoms. The lowest BCUT2D eigenvalue weighted by Crippen LogP contribution is -2.48. The van der Waals surface area contributed by atoms with Crippen molar-refractivity contribution in [3.63, 3.8) is 0 Å². The molecule has 6 nitrogen and oxygen atoms in total. The maximum absolute atomic E-state index is 13.1. The molecule has 1 aliphatic carbocycles. The van der Waals surface area contributed by atoms with Gasteiger partial charge in [-0.15, -0.1) is 0 Å². The Bertz CT molecular complexity index is 1130. The zero-order valence-electron chi connectivity index (χ0n) is 21.2. The fraction of sp³-hybridized carbons (Fsp3) is 0.500. The first kappa shape index (κ1) is 24.3. The van der Waals surface area contributed by atoms with E-state index in [0.29, 0.717) is 13.2 Å². The molecule has 2 heterocycles. The molecule has 1 aromatic carbocycles. The van der Waals surface area contributed by atoms with Gasteiger partial charge in [-0.1, -0.05) is 58.7 Å². The Morgan fingerprint density at radius 3 is 2.32 bits per heavy atom. The Kier molecular flexibility index (Phi) is 6.99. The largest absolute Gasteiger partial charge is 0.380 e. The fourth-order valence-corrected chi connectivity index (χ4v) is 5.65. The number of rotatable bonds is 8. The highest BCUT2D eigenvalue weighted by atomic mass is 16.5. The number of pyridine rings is 1. The molecule has 0 spiro atoms. The number of hydrogen-bond acceptors (Lipinski definition) is 3. The third-order valence-electron chi connectivity index (χ3n) is 7.32. The quantitative estimate of drug-likeness (QED) is 0.428. The smallest absolute Gasteiger partial charge is 0.319 e. The van der Waals surface area contributed by atoms with Gasteiger partial charge in [-0.3, -0.25) is 4.90 Å². The summed E-state index contributed by atoms with van der Waals surface area (Å²) in [5.41, 5.74) is 11.2. The molecular weight excluding hydrogens is 424 g/mol. The third-order valence-corrected chi connectivity index (χ3v) is 7.32. The second kappa shape index (κ2) is 9.79. The van der Waals surface area contributed by atoms with Crippen LogP contribution in [0.25, 0.3) is 11.0 Å². The molecule has 0 aliphatic heterocycles. The number of ether oxygens (including phenoxy) is 1. The van der Waals surface area contributed by atoms with Crippen LogP contribution in [0.15, 0.2) is 42.7 Å². The molecule has 0 radical (unpaired) electrons. The standard InChI is InChI=1S/C28H38N4O2/c1-19(2)22-10-8-11-23(20(3)4)25(22)31(27(29)33)18-28(13-6-7-14-28)32-16-21(17-34-5)24-12-9-15-30-26(24)32/h8-12,15-16,19-20H,6-7,13-14,17-18H2,1-5H3,(H2,29,33). The van der Waals surface area contributed by atoms with E-state index in [9.17, 15) is 4.79 Å². The lowest BCUT2D eigenvalue weighted by atomic mass is 9.90. The van der Waals surface area contributed by atoms with Crippen molar-refractivity contribution in [2.45, 2.75) is 77.4 Å². The van der Waals surface area contributed by atoms with E-state index < -0.39 is 6.03 Å². The summed E-state index contributed by atoms with van der Waals surface area (Å²) in [5.74, 6) is 0.551. The Balaban J connectivity index is 1.88. The Hall–Kier alpha value is -2.86. The molecule has 2 N–H and O–H groups in total. The van der Waals surface area contributed by atoms with Gasteiger partial charge in [0, 0.05) is 30.5 Å². The van der Waals surface area contributed by atoms with Crippen molar-refractivity contribution in [2.24, 2.45) is 5.73 Å². The number of fused-ring (bicyclic) bond motifs is 1. The minimum absolute atomic E-state index is 0.272. The van der Waals surface area contributed by atoms with Crippen molar-refractivity contribution in [3.05, 3.63) is 59.4 Å². The maximum Gasteiger partial charge on any atom is 0.319 e. The number of nitrogens with zero attached hydrogens (tertiary/aromatic N) is 3. The Morgan fingerprint density at radius 2 is 1.76 bits per heavy atom. The summed E-state index contributed by atoms with van der Waals surface area (Å²) in [6.45, 7) is 9.75. The van der Waals surface area contributed by atoms with Gasteiger partial charge < -0.3 is 15.0 Å². The van der Waals surface area contributed by atoms with E-state index >= 15 is 0 Å². The lowest BCUT2D eigenvalue weighted by Gasteiger charge is -2.38. The molecule has 0 unspecified atom stereocenters. The number of primary amides is 1. The maximum atomic E-state index is 13.1. The summed E-state index contributed by atoms with van der Waals surface area (Å²) >= 11 is 0. The van der Waals surface area contributed by atoms with Crippen LogP contribution < -0.4 is 10.6 Å². The highest BCUT2D eigenvalue weighted by molar-refractivity contribution is 5.93. The molecule has 0 bridgehead atoms. The molecule has 1 fully saturated rings. The monoisotopic (exact) mass is 462 g/mol. The number of carbonyl (C=O) groups is 1. The van der Waals surface area contributed by atoms with Crippen LogP contribution in [0, 0.1) is 0 Å². The first-order valence-corrected chi connectivity index (χ1v) is 12.4. The SMILES string of the molecule is COCc1cn(C2(CN(C(N)=O)c3c(C(C)C)cccc3C(C)C)CCCC2)c2ncccc12. The molecule has 1 saturated carbocycles. The van der Waals surface area contributed by atoms with Crippen molar-refractivity contribution in [3.8, 4) is 0 Å². The number of para-hydroxylation sites is 1. The van der Waals surface area contributed by atoms with Gasteiger partial charge in [0.2, 0.25) is 0 Å². The van der Waals surface area contributed by atoms with Gasteiger partial charge in [-0.25, -0.2) is 9.78 Å². The van der Waals surface area contributed by atoms with Crippen LogP contribution in [-0.4, -0.2) is 29.2 Å². The molecular formula is C28H38N4O2. The molecule has 0 saturated heterocycles. The predicted octanol–water partition coefficient (Wildman–Crippen LogP) is 6.28. The van der Waals surface area contributed by atoms with Crippen molar-refractivity contribution in [1.29, 1.82) is 0 Å². The molecule has 2 aromatic heterocycles. The molecule has 0 atom stereocenters. The summed E-state index contributed by atoms with van der Waals surface area (Å²) in [4.78, 5) is 19.7. The average molecular weight is 463 g/mol. The van der Waals surface area contributed by atoms with Crippen LogP contribution in [0.5, 0.6) is 0 Å². The summed E-state index contributed by atoms with van der Waals surface area (Å²) in [5, 5.41) is 1.10. The van der Waals surface area contributed by atoms with Crippen LogP contribution in [0.1, 0.15) is 81.9 Å². The molecule has 182 valence electrons. The van der Waals surface area contributed by atoms with Gasteiger partial charge in [-0.05, 0) is 47.9 Å². The van der Waals surface area contributed by atoms with Crippen molar-refractivity contribution in [1.82, 2.24) is 9.55 Å². The van der Waals surface area contributed by atoms with Crippen LogP contribution in [0.3, 0.4) is 0 Å². The van der Waals surface area contributed by atoms with Crippen molar-refractivity contribution in [2.75, 3.05) is 18.6 Å². The summed E-state index contributed by atoms with van der Waals surface area (Å²) in [6.07, 6.45) is 8.20. The molecule has 2 amide bonds. The normalized spacial score (nSPS) is 15.5. The van der Waals surface area contributed by atoms with E-state index in [1.165, 1.54) is 0 Å². The number of methoxy groups -OCH3 is 1. The number of nitrogens with two attached hydrogens (primary N) is 1. The van der Waals surface area contributed by atoms with E-state index in [0.717, 1.165) is 59.1 Å². The van der Waals surface area contributed by atoms with Crippen LogP contribution in [-0.2, 0) is 16.9 Å². The van der Waals surface area contributed by atoms with E-state index in [1.807, 2.05) is 17.2 Å². The van der Waals surface area contributed by atoms with Crippen molar-refractivity contribution >= 4 is 22.8 Å². The second-order valence-corrected chi connectivity index (χ2v) is 10.3. The van der Waals surface area contributed by atoms with Crippen LogP contribution in [0.4, 0.5) is 10.5 Å². The lowest BCUT2D eigenvalue weighted by molar-refractivity contribution is 0.185. The van der Waals surface area contributed by atoms with Gasteiger partial charge in [0.1, 0.15) is 5.65 Å². The first-order chi connectivity index (χ1) is 16.3. The first-order valence-electron chi connectivity index (χ1n) is 12.4. The highest BCUT2D eigenvalue weighted by Crippen LogP contribution is 2.43. The number of benzene rings is 1. The summed E-state index contributed by atoms with van der Waals surface area (Å²) in [6, 6.07) is 10.0. The number of aromatic nitrogens is 2. The molecule has 3 aromatic rings. The fourth-order valence-electron chi connectivity index (χ4n) is 5.65. The van der Waals surface area contributed by atoms with E-state index in [1.54, 1.807) is 7.11 Å². The highest BCUT2D eigenvalue weighted by Gasteiger charge is 2.41. The third kappa shape index (κ3) is 4.31. The van der Waals surface area contributed by atoms with Gasteiger partial charge in [0.25, 0.3) is 0 Å². The Labute approximate surface area is 203 Å². The topological polar surface area (TPSA) is 73.4 Å². The number of amides is 2. The van der Waals surface area contributed by atoms with E-state index in [-0.39, 0.29) is 17.4 Å². The molecule has 1 aliphatic rings. The average Bonchev–Trinajstić information content (AvgIpc) is 3.43. The van der Waals surface area contributed by atoms with Gasteiger partial charge in [0.15, 0.2) is 0 Å². The van der Waals surface area contributed by atoms with Gasteiger partial charge >= 0.3 is 6.03 Å². The van der Waals surface area contributed by atoms with Crippen LogP contribution >= 0.6 is 0 Å². The number of carbonyl (C=O) groups excluding carboxylic acids is 1. The summed E-state index contributed by atoms with van der Waals surface area (Å²) in [7, 11) is 1.72. The van der Waals surface area contributed by atoms with Gasteiger partial charge in [0.05, 0.1) is 24.4 Å². The van der Waals surface area contributed by atoms with Gasteiger partial charge in [-0.2, -0.15) is 0 Å². The zero-order valence-corrected chi connectivity index (χ0v) is 21.2. The zero-order chi connectivity index (χ0) is 24.5. The van der Waals surface area contributed by atoms with Crippen molar-refractivity contribution < 1.29 is 9.53 Å².